The molecule has 3 aliphatic rings. The molecular weight excluding hydrogens is 500 g/mol. The summed E-state index contributed by atoms with van der Waals surface area (Å²) in [6.07, 6.45) is 5.60. The molecule has 2 aromatic rings. The monoisotopic (exact) mass is 542 g/mol. The van der Waals surface area contributed by atoms with Crippen LogP contribution in [0.2, 0.25) is 0 Å². The van der Waals surface area contributed by atoms with E-state index in [-0.39, 0.29) is 5.41 Å². The Morgan fingerprint density at radius 2 is 1.63 bits per heavy atom. The van der Waals surface area contributed by atoms with E-state index in [2.05, 4.69) is 46.8 Å². The normalized spacial score (nSPS) is 21.2. The van der Waals surface area contributed by atoms with E-state index in [1.54, 1.807) is 10.4 Å². The number of aromatic nitrogens is 1. The summed E-state index contributed by atoms with van der Waals surface area (Å²) in [5.41, 5.74) is 1.49. The van der Waals surface area contributed by atoms with E-state index in [0.717, 1.165) is 76.6 Å². The molecule has 38 heavy (non-hydrogen) atoms. The van der Waals surface area contributed by atoms with Crippen molar-refractivity contribution >= 4 is 15.8 Å². The third-order valence-electron chi connectivity index (χ3n) is 8.33. The lowest BCUT2D eigenvalue weighted by atomic mass is 9.71. The Balaban J connectivity index is 1.13. The summed E-state index contributed by atoms with van der Waals surface area (Å²) >= 11 is 0. The minimum atomic E-state index is -3.53. The summed E-state index contributed by atoms with van der Waals surface area (Å²) in [6.45, 7) is 12.1. The lowest BCUT2D eigenvalue weighted by molar-refractivity contribution is 0.0525. The maximum Gasteiger partial charge on any atom is 0.244 e. The van der Waals surface area contributed by atoms with Crippen molar-refractivity contribution in [2.24, 2.45) is 11.3 Å². The van der Waals surface area contributed by atoms with Gasteiger partial charge >= 0.3 is 0 Å². The SMILES string of the molecule is CC(C)COc1ccccc1CN1CCC2(CC1)CCN(S(=O)(=O)c1ccc(N3CCOCC3)nc1)CC2. The summed E-state index contributed by atoms with van der Waals surface area (Å²) in [5.74, 6) is 2.30. The quantitative estimate of drug-likeness (QED) is 0.499. The van der Waals surface area contributed by atoms with Crippen molar-refractivity contribution in [3.63, 3.8) is 0 Å². The Bertz CT molecular complexity index is 1150. The van der Waals surface area contributed by atoms with Crippen LogP contribution in [0, 0.1) is 11.3 Å². The number of benzene rings is 1. The van der Waals surface area contributed by atoms with Crippen LogP contribution in [0.15, 0.2) is 47.5 Å². The second-order valence-electron chi connectivity index (χ2n) is 11.4. The average Bonchev–Trinajstić information content (AvgIpc) is 2.95. The first kappa shape index (κ1) is 27.4. The Hall–Kier alpha value is -2.20. The number of pyridine rings is 1. The van der Waals surface area contributed by atoms with E-state index in [4.69, 9.17) is 9.47 Å². The van der Waals surface area contributed by atoms with Crippen molar-refractivity contribution in [3.8, 4) is 5.75 Å². The molecule has 3 fully saturated rings. The number of anilines is 1. The van der Waals surface area contributed by atoms with Gasteiger partial charge in [-0.2, -0.15) is 4.31 Å². The standard InChI is InChI=1S/C29H42N4O4S/c1-24(2)23-37-27-6-4-3-5-25(27)22-31-13-9-29(10-14-31)11-15-33(16-12-29)38(34,35)26-7-8-28(30-21-26)32-17-19-36-20-18-32/h3-8,21,24H,9-20,22-23H2,1-2H3. The number of hydrogen-bond donors (Lipinski definition) is 0. The number of hydrogen-bond acceptors (Lipinski definition) is 7. The molecule has 0 N–H and O–H groups in total. The molecule has 0 unspecified atom stereocenters. The number of rotatable bonds is 8. The van der Waals surface area contributed by atoms with Gasteiger partial charge in [0.2, 0.25) is 10.0 Å². The van der Waals surface area contributed by atoms with Crippen LogP contribution >= 0.6 is 0 Å². The first-order valence-corrected chi connectivity index (χ1v) is 15.5. The van der Waals surface area contributed by atoms with Gasteiger partial charge in [-0.3, -0.25) is 4.90 Å². The van der Waals surface area contributed by atoms with Gasteiger partial charge in [0, 0.05) is 44.5 Å². The van der Waals surface area contributed by atoms with Crippen molar-refractivity contribution in [1.29, 1.82) is 0 Å². The molecule has 0 amide bonds. The van der Waals surface area contributed by atoms with Gasteiger partial charge in [0.1, 0.15) is 16.5 Å². The second-order valence-corrected chi connectivity index (χ2v) is 13.4. The topological polar surface area (TPSA) is 75.2 Å². The predicted molar refractivity (Wildman–Crippen MR) is 149 cm³/mol. The molecule has 3 aliphatic heterocycles. The van der Waals surface area contributed by atoms with Crippen LogP contribution in [0.1, 0.15) is 45.1 Å². The van der Waals surface area contributed by atoms with Crippen molar-refractivity contribution in [1.82, 2.24) is 14.2 Å². The number of para-hydroxylation sites is 1. The predicted octanol–water partition coefficient (Wildman–Crippen LogP) is 4.02. The molecule has 0 bridgehead atoms. The Labute approximate surface area is 228 Å². The van der Waals surface area contributed by atoms with E-state index in [1.807, 2.05) is 12.1 Å². The Kier molecular flexibility index (Phi) is 8.57. The first-order valence-electron chi connectivity index (χ1n) is 14.1. The van der Waals surface area contributed by atoms with Crippen LogP contribution in [0.3, 0.4) is 0 Å². The molecule has 1 spiro atoms. The smallest absolute Gasteiger partial charge is 0.244 e. The molecule has 0 atom stereocenters. The fraction of sp³-hybridized carbons (Fsp3) is 0.621. The van der Waals surface area contributed by atoms with Gasteiger partial charge in [0.25, 0.3) is 0 Å². The molecule has 8 nitrogen and oxygen atoms in total. The molecule has 1 aromatic heterocycles. The van der Waals surface area contributed by atoms with Gasteiger partial charge in [-0.1, -0.05) is 32.0 Å². The van der Waals surface area contributed by atoms with Crippen molar-refractivity contribution in [3.05, 3.63) is 48.2 Å². The molecule has 1 aromatic carbocycles. The molecule has 4 heterocycles. The van der Waals surface area contributed by atoms with E-state index < -0.39 is 10.0 Å². The maximum absolute atomic E-state index is 13.4. The van der Waals surface area contributed by atoms with Gasteiger partial charge < -0.3 is 14.4 Å². The van der Waals surface area contributed by atoms with Crippen LogP contribution in [0.25, 0.3) is 0 Å². The molecule has 9 heteroatoms. The molecule has 0 aliphatic carbocycles. The van der Waals surface area contributed by atoms with Gasteiger partial charge in [-0.05, 0) is 68.3 Å². The number of piperidine rings is 2. The molecule has 0 saturated carbocycles. The number of likely N-dealkylation sites (tertiary alicyclic amines) is 1. The highest BCUT2D eigenvalue weighted by Crippen LogP contribution is 2.42. The zero-order chi connectivity index (χ0) is 26.6. The summed E-state index contributed by atoms with van der Waals surface area (Å²) in [4.78, 5) is 9.41. The summed E-state index contributed by atoms with van der Waals surface area (Å²) < 4.78 is 39.9. The average molecular weight is 543 g/mol. The van der Waals surface area contributed by atoms with Gasteiger partial charge in [0.05, 0.1) is 19.8 Å². The third kappa shape index (κ3) is 6.33. The third-order valence-corrected chi connectivity index (χ3v) is 10.2. The summed E-state index contributed by atoms with van der Waals surface area (Å²) in [6, 6.07) is 11.9. The zero-order valence-corrected chi connectivity index (χ0v) is 23.7. The molecule has 5 rings (SSSR count). The van der Waals surface area contributed by atoms with Crippen LogP contribution in [-0.2, 0) is 21.3 Å². The fourth-order valence-corrected chi connectivity index (χ4v) is 7.20. The number of morpholine rings is 1. The van der Waals surface area contributed by atoms with Crippen LogP contribution in [0.4, 0.5) is 5.82 Å². The molecular formula is C29H42N4O4S. The van der Waals surface area contributed by atoms with E-state index >= 15 is 0 Å². The number of sulfonamides is 1. The second kappa shape index (κ2) is 11.9. The van der Waals surface area contributed by atoms with Gasteiger partial charge in [-0.15, -0.1) is 0 Å². The minimum Gasteiger partial charge on any atom is -0.493 e. The van der Waals surface area contributed by atoms with Crippen LogP contribution < -0.4 is 9.64 Å². The van der Waals surface area contributed by atoms with Crippen molar-refractivity contribution in [2.45, 2.75) is 51.0 Å². The largest absolute Gasteiger partial charge is 0.493 e. The maximum atomic E-state index is 13.4. The molecule has 3 saturated heterocycles. The Morgan fingerprint density at radius 3 is 2.29 bits per heavy atom. The number of nitrogens with zero attached hydrogens (tertiary/aromatic N) is 4. The van der Waals surface area contributed by atoms with Gasteiger partial charge in [0.15, 0.2) is 0 Å². The van der Waals surface area contributed by atoms with E-state index in [9.17, 15) is 8.42 Å². The highest BCUT2D eigenvalue weighted by molar-refractivity contribution is 7.89. The number of ether oxygens (including phenoxy) is 2. The Morgan fingerprint density at radius 1 is 0.947 bits per heavy atom. The lowest BCUT2D eigenvalue weighted by Gasteiger charge is -2.46. The first-order chi connectivity index (χ1) is 18.3. The minimum absolute atomic E-state index is 0.245. The summed E-state index contributed by atoms with van der Waals surface area (Å²) in [5, 5.41) is 0. The van der Waals surface area contributed by atoms with Crippen molar-refractivity contribution in [2.75, 3.05) is 64.0 Å². The van der Waals surface area contributed by atoms with Crippen molar-refractivity contribution < 1.29 is 17.9 Å². The fourth-order valence-electron chi connectivity index (χ4n) is 5.81. The molecule has 208 valence electrons. The molecule has 0 radical (unpaired) electrons. The van der Waals surface area contributed by atoms with E-state index in [0.29, 0.717) is 37.1 Å². The summed E-state index contributed by atoms with van der Waals surface area (Å²) in [7, 11) is -3.53. The zero-order valence-electron chi connectivity index (χ0n) is 22.8. The highest BCUT2D eigenvalue weighted by Gasteiger charge is 2.40. The van der Waals surface area contributed by atoms with Crippen LogP contribution in [0.5, 0.6) is 5.75 Å². The highest BCUT2D eigenvalue weighted by atomic mass is 32.2. The van der Waals surface area contributed by atoms with Crippen LogP contribution in [-0.4, -0.2) is 81.7 Å². The van der Waals surface area contributed by atoms with E-state index in [1.165, 1.54) is 11.8 Å². The van der Waals surface area contributed by atoms with Gasteiger partial charge in [-0.25, -0.2) is 13.4 Å². The lowest BCUT2D eigenvalue weighted by Crippen LogP contribution is -2.48.